The van der Waals surface area contributed by atoms with Crippen LogP contribution in [0.4, 0.5) is 0 Å². The van der Waals surface area contributed by atoms with E-state index < -0.39 is 22.7 Å². The van der Waals surface area contributed by atoms with E-state index in [0.29, 0.717) is 13.8 Å². The monoisotopic (exact) mass is 766 g/mol. The summed E-state index contributed by atoms with van der Waals surface area (Å²) in [4.78, 5) is 17.3. The van der Waals surface area contributed by atoms with Crippen LogP contribution in [0.25, 0.3) is 0 Å². The third-order valence-electron chi connectivity index (χ3n) is 26.2. The molecule has 7 heteroatoms. The second-order valence-corrected chi connectivity index (χ2v) is 63.8. The molecule has 4 aliphatic carbocycles. The summed E-state index contributed by atoms with van der Waals surface area (Å²) in [5.41, 5.74) is 4.15. The second kappa shape index (κ2) is 4.68. The summed E-state index contributed by atoms with van der Waals surface area (Å²) < 4.78 is 2.97. The Labute approximate surface area is 291 Å². The Balaban J connectivity index is 1.08. The number of aromatic nitrogens is 2. The maximum atomic E-state index is 4.98. The van der Waals surface area contributed by atoms with Crippen LogP contribution in [-0.2, 0) is 11.7 Å². The van der Waals surface area contributed by atoms with Gasteiger partial charge in [-0.25, -0.2) is 0 Å². The van der Waals surface area contributed by atoms with Crippen molar-refractivity contribution in [2.75, 3.05) is 6.16 Å². The molecule has 49 heavy (non-hydrogen) atoms. The van der Waals surface area contributed by atoms with E-state index in [4.69, 9.17) is 9.97 Å². The van der Waals surface area contributed by atoms with Crippen LogP contribution in [0.2, 0.25) is 84.7 Å². The van der Waals surface area contributed by atoms with Gasteiger partial charge < -0.3 is 0 Å². The van der Waals surface area contributed by atoms with Crippen molar-refractivity contribution >= 4 is 33.3 Å². The van der Waals surface area contributed by atoms with Crippen LogP contribution in [0, 0.1) is 23.7 Å². The van der Waals surface area contributed by atoms with Crippen molar-refractivity contribution in [2.24, 2.45) is 23.7 Å². The first kappa shape index (κ1) is 28.5. The van der Waals surface area contributed by atoms with Crippen LogP contribution in [0.5, 0.6) is 0 Å². The first-order valence-corrected chi connectivity index (χ1v) is 35.6. The van der Waals surface area contributed by atoms with Gasteiger partial charge in [0.05, 0.1) is 0 Å². The van der Waals surface area contributed by atoms with E-state index >= 15 is 0 Å². The van der Waals surface area contributed by atoms with Gasteiger partial charge in [0.2, 0.25) is 0 Å². The molecule has 2 aromatic heterocycles. The predicted octanol–water partition coefficient (Wildman–Crippen LogP) is 12.3. The molecule has 7 unspecified atom stereocenters. The number of fused-ring (bicyclic) bond motifs is 10. The minimum atomic E-state index is -4.52. The van der Waals surface area contributed by atoms with Gasteiger partial charge in [0, 0.05) is 0 Å². The van der Waals surface area contributed by atoms with Crippen LogP contribution in [0.15, 0.2) is 49.1 Å². The standard InChI is InChI=1S/C37H55N2P2Si2.C5H5.Fe/c1-36(2,3)41(34-27-17-25-16-26(19-27)20-28(34)18-25)24-31-32(21-33(42(4,5)6)35(31)43(7,8)9)37(40,29-12-10-14-38-22-29)30-13-11-15-39-23-30;1-2-4-5-3-1;/h10-15,21-23,25-28,34H,16-20,24,40H2,1-9H3;1-5H;. The molecule has 4 bridgehead atoms. The van der Waals surface area contributed by atoms with E-state index in [2.05, 4.69) is 106 Å². The Morgan fingerprint density at radius 1 is 0.776 bits per heavy atom. The molecule has 14 aliphatic rings. The molecule has 10 aliphatic heterocycles. The average molecular weight is 767 g/mol. The fraction of sp³-hybridized carbons (Fsp3) is 0.762. The zero-order valence-electron chi connectivity index (χ0n) is 31.5. The van der Waals surface area contributed by atoms with Gasteiger partial charge in [-0.2, -0.15) is 0 Å². The molecule has 16 rings (SSSR count). The molecule has 4 saturated carbocycles. The third kappa shape index (κ3) is 0.821. The number of hydrogen-bond donors (Lipinski definition) is 0. The van der Waals surface area contributed by atoms with E-state index in [1.165, 1.54) is 24.1 Å². The quantitative estimate of drug-likeness (QED) is 0.198. The van der Waals surface area contributed by atoms with Gasteiger partial charge in [0.25, 0.3) is 0 Å². The van der Waals surface area contributed by atoms with Crippen LogP contribution >= 0.6 is 17.2 Å². The zero-order chi connectivity index (χ0) is 33.7. The van der Waals surface area contributed by atoms with Gasteiger partial charge in [-0.1, -0.05) is 0 Å². The van der Waals surface area contributed by atoms with Gasteiger partial charge in [0.15, 0.2) is 0 Å². The molecule has 1 spiro atoms. The van der Waals surface area contributed by atoms with Gasteiger partial charge in [0.1, 0.15) is 0 Å². The van der Waals surface area contributed by atoms with Crippen molar-refractivity contribution < 1.29 is 6.51 Å². The minimum absolute atomic E-state index is 0.0257. The zero-order valence-corrected chi connectivity index (χ0v) is 36.6. The molecule has 12 heterocycles. The van der Waals surface area contributed by atoms with Gasteiger partial charge >= 0.3 is 293 Å². The Hall–Kier alpha value is 0.113. The maximum absolute atomic E-state index is 4.98. The molecule has 0 radical (unpaired) electrons. The van der Waals surface area contributed by atoms with Crippen LogP contribution in [0.1, 0.15) is 64.0 Å². The van der Waals surface area contributed by atoms with E-state index in [1.54, 1.807) is 49.4 Å². The van der Waals surface area contributed by atoms with Crippen molar-refractivity contribution in [2.45, 2.75) is 154 Å². The summed E-state index contributed by atoms with van der Waals surface area (Å²) in [5, 5.41) is 0.416. The van der Waals surface area contributed by atoms with Crippen molar-refractivity contribution in [1.29, 1.82) is 0 Å². The summed E-state index contributed by atoms with van der Waals surface area (Å²) in [6.45, 7) is 21.6. The number of rotatable bonds is 8. The summed E-state index contributed by atoms with van der Waals surface area (Å²) in [6.07, 6.45) is 18.5. The normalized spacial score (nSPS) is 66.9. The topological polar surface area (TPSA) is 25.8 Å². The van der Waals surface area contributed by atoms with Gasteiger partial charge in [-0.3, -0.25) is 0 Å². The van der Waals surface area contributed by atoms with Crippen molar-refractivity contribution in [3.8, 4) is 0 Å². The molecular formula is C42H60FeN2P2Si2. The second-order valence-electron chi connectivity index (χ2n) is 25.6. The Kier molecular flexibility index (Phi) is 2.72. The molecule has 2 nitrogen and oxygen atoms in total. The van der Waals surface area contributed by atoms with E-state index in [1.807, 2.05) is 12.4 Å². The summed E-state index contributed by atoms with van der Waals surface area (Å²) in [5.74, 6) is 4.26. The molecule has 10 saturated heterocycles. The molecule has 2 aromatic rings. The van der Waals surface area contributed by atoms with Crippen LogP contribution in [0.3, 0.4) is 0 Å². The van der Waals surface area contributed by atoms with Crippen molar-refractivity contribution in [3.05, 3.63) is 60.2 Å². The number of nitrogens with zero attached hydrogens (tertiary/aromatic N) is 2. The fourth-order valence-electron chi connectivity index (χ4n) is 31.1. The molecular weight excluding hydrogens is 706 g/mol. The Bertz CT molecular complexity index is 2310. The van der Waals surface area contributed by atoms with Gasteiger partial charge in [-0.15, -0.1) is 0 Å². The van der Waals surface area contributed by atoms with Crippen molar-refractivity contribution in [3.63, 3.8) is 0 Å². The molecule has 0 N–H and O–H groups in total. The van der Waals surface area contributed by atoms with Gasteiger partial charge in [-0.05, 0) is 0 Å². The fourth-order valence-corrected chi connectivity index (χ4v) is 178. The molecule has 7 atom stereocenters. The SMILES string of the molecule is CC(C)(C)P(C[C]12[C]3(C(P)(c4cccnc4)c4cccnc4)[CH]4[C]5([Si](C)(C)C)[C]1([Si](C)(C)C)[Fe]42351678[CH]2[CH]1[CH]6[CH]7[CH]28)C1C2CC3CC(C2)CC1C3. The molecule has 0 aromatic carbocycles. The first-order valence-electron chi connectivity index (χ1n) is 20.4. The van der Waals surface area contributed by atoms with E-state index in [0.717, 1.165) is 42.0 Å². The third-order valence-corrected chi connectivity index (χ3v) is 94.8. The van der Waals surface area contributed by atoms with Crippen molar-refractivity contribution in [1.82, 2.24) is 9.97 Å². The summed E-state index contributed by atoms with van der Waals surface area (Å²) in [7, 11) is 0.664. The number of hydrogen-bond acceptors (Lipinski definition) is 2. The average Bonchev–Trinajstić information content (AvgIpc) is 3.98. The Morgan fingerprint density at radius 3 is 1.63 bits per heavy atom. The summed E-state index contributed by atoms with van der Waals surface area (Å²) >= 11 is 0. The van der Waals surface area contributed by atoms with Crippen LogP contribution in [-0.4, -0.2) is 43.1 Å². The molecule has 14 fully saturated rings. The molecule has 0 amide bonds. The summed E-state index contributed by atoms with van der Waals surface area (Å²) in [6, 6.07) is 9.67. The predicted molar refractivity (Wildman–Crippen MR) is 211 cm³/mol. The van der Waals surface area contributed by atoms with E-state index in [9.17, 15) is 0 Å². The van der Waals surface area contributed by atoms with Crippen LogP contribution < -0.4 is 0 Å². The van der Waals surface area contributed by atoms with E-state index in [-0.39, 0.29) is 13.1 Å². The number of pyridine rings is 2. The first-order chi connectivity index (χ1) is 22.8. The molecule has 264 valence electrons. The Morgan fingerprint density at radius 2 is 1.27 bits per heavy atom.